The van der Waals surface area contributed by atoms with Gasteiger partial charge in [0.15, 0.2) is 0 Å². The molecule has 8 heteroatoms. The number of rotatable bonds is 7. The van der Waals surface area contributed by atoms with Gasteiger partial charge in [-0.25, -0.2) is 13.4 Å². The SMILES string of the molecule is CCn1c(CN[C@@H](C)c2cccs2)nc2cc(S(=O)(=O)N3CCCCC3)ccc21. The molecular weight excluding hydrogens is 404 g/mol. The lowest BCUT2D eigenvalue weighted by molar-refractivity contribution is 0.346. The monoisotopic (exact) mass is 432 g/mol. The van der Waals surface area contributed by atoms with E-state index in [0.717, 1.165) is 42.7 Å². The molecule has 3 heterocycles. The van der Waals surface area contributed by atoms with Crippen LogP contribution in [0.25, 0.3) is 11.0 Å². The maximum Gasteiger partial charge on any atom is 0.243 e. The molecule has 1 fully saturated rings. The molecule has 1 saturated heterocycles. The predicted molar refractivity (Wildman–Crippen MR) is 118 cm³/mol. The highest BCUT2D eigenvalue weighted by Gasteiger charge is 2.26. The first-order valence-electron chi connectivity index (χ1n) is 10.3. The van der Waals surface area contributed by atoms with Crippen LogP contribution in [-0.4, -0.2) is 35.4 Å². The summed E-state index contributed by atoms with van der Waals surface area (Å²) in [5, 5.41) is 5.62. The van der Waals surface area contributed by atoms with Crippen LogP contribution in [0, 0.1) is 0 Å². The topological polar surface area (TPSA) is 67.2 Å². The first-order valence-corrected chi connectivity index (χ1v) is 12.6. The van der Waals surface area contributed by atoms with Crippen molar-refractivity contribution in [2.24, 2.45) is 0 Å². The molecule has 0 bridgehead atoms. The van der Waals surface area contributed by atoms with Crippen LogP contribution in [-0.2, 0) is 23.1 Å². The minimum Gasteiger partial charge on any atom is -0.327 e. The second kappa shape index (κ2) is 8.55. The Morgan fingerprint density at radius 1 is 1.21 bits per heavy atom. The summed E-state index contributed by atoms with van der Waals surface area (Å²) in [5.74, 6) is 0.929. The van der Waals surface area contributed by atoms with Crippen molar-refractivity contribution in [2.75, 3.05) is 13.1 Å². The molecule has 0 spiro atoms. The number of piperidine rings is 1. The number of sulfonamides is 1. The predicted octanol–water partition coefficient (Wildman–Crippen LogP) is 4.14. The van der Waals surface area contributed by atoms with Gasteiger partial charge in [-0.3, -0.25) is 0 Å². The van der Waals surface area contributed by atoms with Crippen molar-refractivity contribution in [2.45, 2.75) is 57.1 Å². The Bertz CT molecular complexity index is 1070. The van der Waals surface area contributed by atoms with Crippen molar-refractivity contribution in [3.63, 3.8) is 0 Å². The number of aryl methyl sites for hydroxylation is 1. The van der Waals surface area contributed by atoms with Gasteiger partial charge in [0.05, 0.1) is 22.5 Å². The molecular formula is C21H28N4O2S2. The lowest BCUT2D eigenvalue weighted by atomic mass is 10.2. The van der Waals surface area contributed by atoms with Crippen molar-refractivity contribution in [1.29, 1.82) is 0 Å². The van der Waals surface area contributed by atoms with E-state index in [2.05, 4.69) is 41.2 Å². The summed E-state index contributed by atoms with van der Waals surface area (Å²) >= 11 is 1.74. The molecule has 0 saturated carbocycles. The average Bonchev–Trinajstić information content (AvgIpc) is 3.39. The fourth-order valence-electron chi connectivity index (χ4n) is 3.94. The maximum atomic E-state index is 13.0. The van der Waals surface area contributed by atoms with E-state index >= 15 is 0 Å². The molecule has 0 unspecified atom stereocenters. The molecule has 1 aliphatic rings. The van der Waals surface area contributed by atoms with Crippen LogP contribution in [0.15, 0.2) is 40.6 Å². The van der Waals surface area contributed by atoms with E-state index in [1.807, 2.05) is 6.07 Å². The van der Waals surface area contributed by atoms with Gasteiger partial charge in [0.2, 0.25) is 10.0 Å². The number of hydrogen-bond acceptors (Lipinski definition) is 5. The lowest BCUT2D eigenvalue weighted by Crippen LogP contribution is -2.35. The smallest absolute Gasteiger partial charge is 0.243 e. The summed E-state index contributed by atoms with van der Waals surface area (Å²) in [6.07, 6.45) is 2.97. The Morgan fingerprint density at radius 2 is 2.00 bits per heavy atom. The highest BCUT2D eigenvalue weighted by molar-refractivity contribution is 7.89. The summed E-state index contributed by atoms with van der Waals surface area (Å²) < 4.78 is 29.8. The highest BCUT2D eigenvalue weighted by atomic mass is 32.2. The van der Waals surface area contributed by atoms with Gasteiger partial charge in [-0.1, -0.05) is 12.5 Å². The Labute approximate surface area is 176 Å². The third-order valence-corrected chi connectivity index (χ3v) is 8.55. The van der Waals surface area contributed by atoms with E-state index in [4.69, 9.17) is 4.98 Å². The summed E-state index contributed by atoms with van der Waals surface area (Å²) in [6, 6.07) is 9.79. The summed E-state index contributed by atoms with van der Waals surface area (Å²) in [7, 11) is -3.45. The Morgan fingerprint density at radius 3 is 2.69 bits per heavy atom. The quantitative estimate of drug-likeness (QED) is 0.609. The Hall–Kier alpha value is -1.74. The van der Waals surface area contributed by atoms with E-state index in [9.17, 15) is 8.42 Å². The summed E-state index contributed by atoms with van der Waals surface area (Å²) in [6.45, 7) is 6.88. The number of benzene rings is 1. The lowest BCUT2D eigenvalue weighted by Gasteiger charge is -2.25. The van der Waals surface area contributed by atoms with Gasteiger partial charge in [-0.05, 0) is 56.3 Å². The zero-order chi connectivity index (χ0) is 20.4. The highest BCUT2D eigenvalue weighted by Crippen LogP contribution is 2.25. The van der Waals surface area contributed by atoms with E-state index in [1.54, 1.807) is 27.8 Å². The molecule has 1 aromatic carbocycles. The average molecular weight is 433 g/mol. The molecule has 156 valence electrons. The molecule has 1 N–H and O–H groups in total. The first kappa shape index (κ1) is 20.5. The largest absolute Gasteiger partial charge is 0.327 e. The second-order valence-electron chi connectivity index (χ2n) is 7.51. The Balaban J connectivity index is 1.60. The van der Waals surface area contributed by atoms with Crippen LogP contribution >= 0.6 is 11.3 Å². The molecule has 6 nitrogen and oxygen atoms in total. The molecule has 1 atom stereocenters. The molecule has 0 amide bonds. The number of nitrogens with one attached hydrogen (secondary N) is 1. The van der Waals surface area contributed by atoms with Gasteiger partial charge in [0, 0.05) is 30.6 Å². The van der Waals surface area contributed by atoms with Crippen molar-refractivity contribution < 1.29 is 8.42 Å². The van der Waals surface area contributed by atoms with E-state index < -0.39 is 10.0 Å². The van der Waals surface area contributed by atoms with Gasteiger partial charge in [-0.15, -0.1) is 11.3 Å². The van der Waals surface area contributed by atoms with Crippen LogP contribution in [0.5, 0.6) is 0 Å². The number of imidazole rings is 1. The third-order valence-electron chi connectivity index (χ3n) is 5.60. The number of thiophene rings is 1. The summed E-state index contributed by atoms with van der Waals surface area (Å²) in [4.78, 5) is 6.41. The van der Waals surface area contributed by atoms with Crippen LogP contribution in [0.1, 0.15) is 49.9 Å². The van der Waals surface area contributed by atoms with Crippen LogP contribution < -0.4 is 5.32 Å². The molecule has 0 aliphatic carbocycles. The molecule has 29 heavy (non-hydrogen) atoms. The zero-order valence-electron chi connectivity index (χ0n) is 17.0. The third kappa shape index (κ3) is 4.12. The van der Waals surface area contributed by atoms with Gasteiger partial charge in [-0.2, -0.15) is 4.31 Å². The minimum absolute atomic E-state index is 0.246. The van der Waals surface area contributed by atoms with Gasteiger partial charge in [0.25, 0.3) is 0 Å². The Kier molecular flexibility index (Phi) is 6.06. The molecule has 4 rings (SSSR count). The van der Waals surface area contributed by atoms with Crippen LogP contribution in [0.2, 0.25) is 0 Å². The normalized spacial score (nSPS) is 17.0. The van der Waals surface area contributed by atoms with Crippen LogP contribution in [0.4, 0.5) is 0 Å². The van der Waals surface area contributed by atoms with E-state index in [0.29, 0.717) is 24.5 Å². The van der Waals surface area contributed by atoms with Gasteiger partial charge >= 0.3 is 0 Å². The van der Waals surface area contributed by atoms with E-state index in [-0.39, 0.29) is 6.04 Å². The molecule has 2 aromatic heterocycles. The van der Waals surface area contributed by atoms with Crippen LogP contribution in [0.3, 0.4) is 0 Å². The van der Waals surface area contributed by atoms with Gasteiger partial charge < -0.3 is 9.88 Å². The fourth-order valence-corrected chi connectivity index (χ4v) is 6.24. The van der Waals surface area contributed by atoms with E-state index in [1.165, 1.54) is 4.88 Å². The number of aromatic nitrogens is 2. The molecule has 0 radical (unpaired) electrons. The number of fused-ring (bicyclic) bond motifs is 1. The second-order valence-corrected chi connectivity index (χ2v) is 10.4. The zero-order valence-corrected chi connectivity index (χ0v) is 18.6. The van der Waals surface area contributed by atoms with Crippen molar-refractivity contribution in [3.05, 3.63) is 46.4 Å². The standard InChI is InChI=1S/C21H28N4O2S2/c1-3-25-19-10-9-17(29(26,27)24-11-5-4-6-12-24)14-18(19)23-21(25)15-22-16(2)20-8-7-13-28-20/h7-10,13-14,16,22H,3-6,11-12,15H2,1-2H3/t16-/m0/s1. The maximum absolute atomic E-state index is 13.0. The van der Waals surface area contributed by atoms with Crippen molar-refractivity contribution >= 4 is 32.4 Å². The first-order chi connectivity index (χ1) is 14.0. The number of nitrogens with zero attached hydrogens (tertiary/aromatic N) is 3. The summed E-state index contributed by atoms with van der Waals surface area (Å²) in [5.41, 5.74) is 1.72. The minimum atomic E-state index is -3.45. The van der Waals surface area contributed by atoms with Gasteiger partial charge in [0.1, 0.15) is 5.82 Å². The van der Waals surface area contributed by atoms with Crippen molar-refractivity contribution in [1.82, 2.24) is 19.2 Å². The number of hydrogen-bond donors (Lipinski definition) is 1. The molecule has 3 aromatic rings. The molecule has 1 aliphatic heterocycles. The van der Waals surface area contributed by atoms with Crippen molar-refractivity contribution in [3.8, 4) is 0 Å². The fraction of sp³-hybridized carbons (Fsp3) is 0.476.